The maximum atomic E-state index is 5.36. The molecule has 1 aliphatic rings. The molecule has 0 aliphatic carbocycles. The van der Waals surface area contributed by atoms with Crippen molar-refractivity contribution in [1.82, 2.24) is 5.32 Å². The molecule has 90 valence electrons. The SMILES string of the molecule is CC(CNCC1CCOC1)Cc1cccs1. The molecule has 3 heteroatoms. The minimum absolute atomic E-state index is 0.723. The Kier molecular flexibility index (Phi) is 4.82. The van der Waals surface area contributed by atoms with E-state index in [1.807, 2.05) is 11.3 Å². The molecule has 16 heavy (non-hydrogen) atoms. The molecule has 0 amide bonds. The molecule has 0 radical (unpaired) electrons. The summed E-state index contributed by atoms with van der Waals surface area (Å²) in [7, 11) is 0. The quantitative estimate of drug-likeness (QED) is 0.824. The zero-order valence-corrected chi connectivity index (χ0v) is 10.8. The Morgan fingerprint density at radius 3 is 3.25 bits per heavy atom. The fourth-order valence-corrected chi connectivity index (χ4v) is 2.99. The molecule has 2 atom stereocenters. The van der Waals surface area contributed by atoms with Gasteiger partial charge in [-0.05, 0) is 42.7 Å². The topological polar surface area (TPSA) is 21.3 Å². The number of ether oxygens (including phenoxy) is 1. The van der Waals surface area contributed by atoms with Gasteiger partial charge in [-0.1, -0.05) is 13.0 Å². The van der Waals surface area contributed by atoms with E-state index in [0.717, 1.165) is 38.1 Å². The van der Waals surface area contributed by atoms with Crippen LogP contribution in [-0.4, -0.2) is 26.3 Å². The predicted octanol–water partition coefficient (Wildman–Crippen LogP) is 2.55. The highest BCUT2D eigenvalue weighted by Gasteiger charge is 2.15. The highest BCUT2D eigenvalue weighted by Crippen LogP contribution is 2.14. The highest BCUT2D eigenvalue weighted by atomic mass is 32.1. The molecular formula is C13H21NOS. The summed E-state index contributed by atoms with van der Waals surface area (Å²) >= 11 is 1.86. The van der Waals surface area contributed by atoms with Crippen LogP contribution in [0.25, 0.3) is 0 Å². The first kappa shape index (κ1) is 12.1. The normalized spacial score (nSPS) is 22.4. The summed E-state index contributed by atoms with van der Waals surface area (Å²) in [6, 6.07) is 4.36. The third-order valence-corrected chi connectivity index (χ3v) is 3.98. The third kappa shape index (κ3) is 3.89. The van der Waals surface area contributed by atoms with Crippen LogP contribution < -0.4 is 5.32 Å². The second kappa shape index (κ2) is 6.38. The molecule has 1 aromatic heterocycles. The summed E-state index contributed by atoms with van der Waals surface area (Å²) < 4.78 is 5.36. The van der Waals surface area contributed by atoms with Crippen LogP contribution >= 0.6 is 11.3 Å². The van der Waals surface area contributed by atoms with Crippen molar-refractivity contribution in [3.8, 4) is 0 Å². The Balaban J connectivity index is 1.58. The van der Waals surface area contributed by atoms with Gasteiger partial charge < -0.3 is 10.1 Å². The Bertz CT molecular complexity index is 280. The Morgan fingerprint density at radius 2 is 2.56 bits per heavy atom. The molecule has 2 heterocycles. The van der Waals surface area contributed by atoms with Gasteiger partial charge in [0.15, 0.2) is 0 Å². The standard InChI is InChI=1S/C13H21NOS/c1-11(7-13-3-2-6-16-13)8-14-9-12-4-5-15-10-12/h2-3,6,11-12,14H,4-5,7-10H2,1H3. The fourth-order valence-electron chi connectivity index (χ4n) is 2.12. The molecule has 0 bridgehead atoms. The molecule has 2 rings (SSSR count). The van der Waals surface area contributed by atoms with Gasteiger partial charge in [0.2, 0.25) is 0 Å². The van der Waals surface area contributed by atoms with Crippen molar-refractivity contribution in [3.05, 3.63) is 22.4 Å². The van der Waals surface area contributed by atoms with Crippen molar-refractivity contribution < 1.29 is 4.74 Å². The second-order valence-corrected chi connectivity index (χ2v) is 5.81. The second-order valence-electron chi connectivity index (χ2n) is 4.78. The van der Waals surface area contributed by atoms with Crippen molar-refractivity contribution >= 4 is 11.3 Å². The van der Waals surface area contributed by atoms with Gasteiger partial charge >= 0.3 is 0 Å². The van der Waals surface area contributed by atoms with Crippen molar-refractivity contribution in [2.24, 2.45) is 11.8 Å². The minimum atomic E-state index is 0.723. The van der Waals surface area contributed by atoms with Crippen LogP contribution in [0.1, 0.15) is 18.2 Å². The lowest BCUT2D eigenvalue weighted by molar-refractivity contribution is 0.185. The highest BCUT2D eigenvalue weighted by molar-refractivity contribution is 7.09. The predicted molar refractivity (Wildman–Crippen MR) is 69.0 cm³/mol. The zero-order chi connectivity index (χ0) is 11.2. The molecule has 0 saturated carbocycles. The van der Waals surface area contributed by atoms with E-state index in [4.69, 9.17) is 4.74 Å². The summed E-state index contributed by atoms with van der Waals surface area (Å²) in [6.45, 7) is 6.46. The number of hydrogen-bond acceptors (Lipinski definition) is 3. The molecule has 2 unspecified atom stereocenters. The maximum absolute atomic E-state index is 5.36. The molecule has 1 aromatic rings. The molecule has 1 fully saturated rings. The zero-order valence-electron chi connectivity index (χ0n) is 9.95. The lowest BCUT2D eigenvalue weighted by Gasteiger charge is -2.13. The van der Waals surface area contributed by atoms with Crippen molar-refractivity contribution in [3.63, 3.8) is 0 Å². The van der Waals surface area contributed by atoms with Crippen LogP contribution in [0.15, 0.2) is 17.5 Å². The van der Waals surface area contributed by atoms with Gasteiger partial charge in [-0.15, -0.1) is 11.3 Å². The lowest BCUT2D eigenvalue weighted by Crippen LogP contribution is -2.28. The molecular weight excluding hydrogens is 218 g/mol. The summed E-state index contributed by atoms with van der Waals surface area (Å²) in [6.07, 6.45) is 2.43. The van der Waals surface area contributed by atoms with Crippen molar-refractivity contribution in [2.45, 2.75) is 19.8 Å². The summed E-state index contributed by atoms with van der Waals surface area (Å²) in [5.74, 6) is 1.47. The smallest absolute Gasteiger partial charge is 0.0507 e. The number of rotatable bonds is 6. The van der Waals surface area contributed by atoms with Crippen LogP contribution in [0.2, 0.25) is 0 Å². The van der Waals surface area contributed by atoms with E-state index >= 15 is 0 Å². The van der Waals surface area contributed by atoms with Crippen molar-refractivity contribution in [2.75, 3.05) is 26.3 Å². The van der Waals surface area contributed by atoms with Gasteiger partial charge in [-0.3, -0.25) is 0 Å². The summed E-state index contributed by atoms with van der Waals surface area (Å²) in [5.41, 5.74) is 0. The van der Waals surface area contributed by atoms with Crippen LogP contribution in [0.3, 0.4) is 0 Å². The van der Waals surface area contributed by atoms with E-state index in [2.05, 4.69) is 29.8 Å². The first-order valence-corrected chi connectivity index (χ1v) is 7.03. The number of hydrogen-bond donors (Lipinski definition) is 1. The van der Waals surface area contributed by atoms with Crippen LogP contribution in [-0.2, 0) is 11.2 Å². The van der Waals surface area contributed by atoms with E-state index in [1.54, 1.807) is 0 Å². The van der Waals surface area contributed by atoms with Gasteiger partial charge in [0.05, 0.1) is 6.61 Å². The van der Waals surface area contributed by atoms with Crippen LogP contribution in [0.4, 0.5) is 0 Å². The largest absolute Gasteiger partial charge is 0.381 e. The summed E-state index contributed by atoms with van der Waals surface area (Å²) in [5, 5.41) is 5.72. The Labute approximate surface area is 102 Å². The van der Waals surface area contributed by atoms with Gasteiger partial charge in [0.1, 0.15) is 0 Å². The van der Waals surface area contributed by atoms with E-state index in [9.17, 15) is 0 Å². The minimum Gasteiger partial charge on any atom is -0.381 e. The average Bonchev–Trinajstić information content (AvgIpc) is 2.90. The van der Waals surface area contributed by atoms with Gasteiger partial charge in [-0.2, -0.15) is 0 Å². The molecule has 1 saturated heterocycles. The molecule has 1 N–H and O–H groups in total. The fraction of sp³-hybridized carbons (Fsp3) is 0.692. The van der Waals surface area contributed by atoms with Gasteiger partial charge in [0.25, 0.3) is 0 Å². The monoisotopic (exact) mass is 239 g/mol. The first-order chi connectivity index (χ1) is 7.84. The van der Waals surface area contributed by atoms with Crippen molar-refractivity contribution in [1.29, 1.82) is 0 Å². The van der Waals surface area contributed by atoms with Gasteiger partial charge in [-0.25, -0.2) is 0 Å². The lowest BCUT2D eigenvalue weighted by atomic mass is 10.1. The average molecular weight is 239 g/mol. The molecule has 0 spiro atoms. The summed E-state index contributed by atoms with van der Waals surface area (Å²) in [4.78, 5) is 1.50. The Morgan fingerprint density at radius 1 is 1.62 bits per heavy atom. The van der Waals surface area contributed by atoms with E-state index in [0.29, 0.717) is 0 Å². The van der Waals surface area contributed by atoms with Gasteiger partial charge in [0, 0.05) is 18.0 Å². The van der Waals surface area contributed by atoms with Crippen LogP contribution in [0, 0.1) is 11.8 Å². The maximum Gasteiger partial charge on any atom is 0.0507 e. The molecule has 1 aliphatic heterocycles. The molecule has 2 nitrogen and oxygen atoms in total. The Hall–Kier alpha value is -0.380. The third-order valence-electron chi connectivity index (χ3n) is 3.08. The number of nitrogens with one attached hydrogen (secondary N) is 1. The van der Waals surface area contributed by atoms with Crippen LogP contribution in [0.5, 0.6) is 0 Å². The first-order valence-electron chi connectivity index (χ1n) is 6.15. The van der Waals surface area contributed by atoms with E-state index in [-0.39, 0.29) is 0 Å². The number of thiophene rings is 1. The molecule has 0 aromatic carbocycles. The van der Waals surface area contributed by atoms with E-state index in [1.165, 1.54) is 17.7 Å². The van der Waals surface area contributed by atoms with E-state index < -0.39 is 0 Å².